The number of aromatic nitrogens is 3. The third-order valence-electron chi connectivity index (χ3n) is 2.19. The summed E-state index contributed by atoms with van der Waals surface area (Å²) >= 11 is 0. The predicted molar refractivity (Wildman–Crippen MR) is 59.3 cm³/mol. The van der Waals surface area contributed by atoms with Crippen LogP contribution in [-0.2, 0) is 6.54 Å². The van der Waals surface area contributed by atoms with Crippen molar-refractivity contribution in [1.82, 2.24) is 14.5 Å². The lowest BCUT2D eigenvalue weighted by Crippen LogP contribution is -2.34. The van der Waals surface area contributed by atoms with Gasteiger partial charge in [0.1, 0.15) is 13.5 Å². The second-order valence-corrected chi connectivity index (χ2v) is 3.16. The molecule has 2 radical (unpaired) electrons. The van der Waals surface area contributed by atoms with Crippen LogP contribution >= 0.6 is 0 Å². The number of hydrogen-bond donors (Lipinski definition) is 1. The number of hydrogen-bond acceptors (Lipinski definition) is 4. The Bertz CT molecular complexity index is 578. The maximum atomic E-state index is 11.7. The van der Waals surface area contributed by atoms with Crippen molar-refractivity contribution in [2.24, 2.45) is 0 Å². The summed E-state index contributed by atoms with van der Waals surface area (Å²) in [6.07, 6.45) is 1.56. The van der Waals surface area contributed by atoms with Crippen molar-refractivity contribution in [3.05, 3.63) is 22.6 Å². The molecule has 2 aromatic rings. The molecule has 2 aromatic heterocycles. The van der Waals surface area contributed by atoms with Crippen molar-refractivity contribution in [2.75, 3.05) is 5.73 Å². The molecule has 0 fully saturated rings. The van der Waals surface area contributed by atoms with Crippen LogP contribution in [0.2, 0.25) is 0 Å². The fourth-order valence-electron chi connectivity index (χ4n) is 1.49. The molecular formula is C9H9BN4O. The summed E-state index contributed by atoms with van der Waals surface area (Å²) in [5, 5.41) is 0.711. The number of nitrogens with zero attached hydrogens (tertiary/aromatic N) is 3. The first-order valence-electron chi connectivity index (χ1n) is 4.55. The van der Waals surface area contributed by atoms with Gasteiger partial charge in [-0.15, -0.1) is 0 Å². The molecule has 74 valence electrons. The topological polar surface area (TPSA) is 73.8 Å². The Morgan fingerprint density at radius 1 is 1.60 bits per heavy atom. The van der Waals surface area contributed by atoms with Crippen LogP contribution in [0.5, 0.6) is 0 Å². The Kier molecular flexibility index (Phi) is 2.19. The summed E-state index contributed by atoms with van der Waals surface area (Å²) in [6.45, 7) is 2.34. The minimum absolute atomic E-state index is 0.147. The Morgan fingerprint density at radius 3 is 3.00 bits per heavy atom. The van der Waals surface area contributed by atoms with Gasteiger partial charge in [0.05, 0.1) is 0 Å². The third-order valence-corrected chi connectivity index (χ3v) is 2.19. The van der Waals surface area contributed by atoms with E-state index >= 15 is 0 Å². The molecule has 0 spiro atoms. The minimum Gasteiger partial charge on any atom is -0.368 e. The van der Waals surface area contributed by atoms with Gasteiger partial charge in [-0.05, 0) is 12.4 Å². The van der Waals surface area contributed by atoms with Crippen LogP contribution in [0.3, 0.4) is 0 Å². The van der Waals surface area contributed by atoms with E-state index in [0.717, 1.165) is 0 Å². The van der Waals surface area contributed by atoms with Gasteiger partial charge in [-0.1, -0.05) is 6.07 Å². The molecular weight excluding hydrogens is 191 g/mol. The van der Waals surface area contributed by atoms with Crippen LogP contribution < -0.4 is 16.8 Å². The molecule has 0 saturated carbocycles. The zero-order valence-corrected chi connectivity index (χ0v) is 8.27. The molecule has 5 nitrogen and oxygen atoms in total. The van der Waals surface area contributed by atoms with Crippen LogP contribution in [-0.4, -0.2) is 22.4 Å². The van der Waals surface area contributed by atoms with Crippen molar-refractivity contribution < 1.29 is 0 Å². The van der Waals surface area contributed by atoms with Gasteiger partial charge in [-0.3, -0.25) is 9.36 Å². The van der Waals surface area contributed by atoms with Gasteiger partial charge in [0.2, 0.25) is 11.5 Å². The fraction of sp³-hybridized carbons (Fsp3) is 0.222. The molecule has 0 bridgehead atoms. The van der Waals surface area contributed by atoms with Crippen LogP contribution in [0.1, 0.15) is 6.92 Å². The summed E-state index contributed by atoms with van der Waals surface area (Å²) in [5.74, 6) is 0.147. The summed E-state index contributed by atoms with van der Waals surface area (Å²) in [5.41, 5.74) is 5.93. The maximum Gasteiger partial charge on any atom is 0.245 e. The molecule has 6 heteroatoms. The molecule has 0 aliphatic carbocycles. The molecule has 0 amide bonds. The third kappa shape index (κ3) is 1.47. The zero-order valence-electron chi connectivity index (χ0n) is 8.27. The highest BCUT2D eigenvalue weighted by Crippen LogP contribution is 2.07. The lowest BCUT2D eigenvalue weighted by Gasteiger charge is -2.08. The number of fused-ring (bicyclic) bond motifs is 1. The van der Waals surface area contributed by atoms with Gasteiger partial charge in [0.25, 0.3) is 0 Å². The molecule has 2 N–H and O–H groups in total. The van der Waals surface area contributed by atoms with Gasteiger partial charge in [-0.2, -0.15) is 4.98 Å². The summed E-state index contributed by atoms with van der Waals surface area (Å²) in [4.78, 5) is 19.5. The van der Waals surface area contributed by atoms with Gasteiger partial charge >= 0.3 is 0 Å². The fourth-order valence-corrected chi connectivity index (χ4v) is 1.49. The van der Waals surface area contributed by atoms with E-state index in [-0.39, 0.29) is 17.0 Å². The molecule has 2 heterocycles. The molecule has 2 rings (SSSR count). The molecule has 0 aromatic carbocycles. The smallest absolute Gasteiger partial charge is 0.245 e. The normalized spacial score (nSPS) is 10.7. The number of nitrogens with two attached hydrogens (primary N) is 1. The van der Waals surface area contributed by atoms with E-state index in [9.17, 15) is 4.79 Å². The van der Waals surface area contributed by atoms with Crippen molar-refractivity contribution in [1.29, 1.82) is 0 Å². The molecule has 15 heavy (non-hydrogen) atoms. The second kappa shape index (κ2) is 3.38. The molecule has 0 aliphatic heterocycles. The average Bonchev–Trinajstić information content (AvgIpc) is 2.21. The highest BCUT2D eigenvalue weighted by Gasteiger charge is 2.06. The number of anilines is 1. The Hall–Kier alpha value is -1.85. The van der Waals surface area contributed by atoms with E-state index in [4.69, 9.17) is 13.6 Å². The molecule has 0 unspecified atom stereocenters. The number of aryl methyl sites for hydroxylation is 1. The van der Waals surface area contributed by atoms with Gasteiger partial charge in [-0.25, -0.2) is 4.98 Å². The highest BCUT2D eigenvalue weighted by molar-refractivity contribution is 6.32. The quantitative estimate of drug-likeness (QED) is 0.610. The highest BCUT2D eigenvalue weighted by atomic mass is 16.1. The van der Waals surface area contributed by atoms with Gasteiger partial charge in [0, 0.05) is 18.1 Å². The lowest BCUT2D eigenvalue weighted by atomic mass is 9.97. The number of nitrogen functional groups attached to an aromatic ring is 1. The van der Waals surface area contributed by atoms with Crippen molar-refractivity contribution in [3.8, 4) is 0 Å². The summed E-state index contributed by atoms with van der Waals surface area (Å²) in [6, 6.07) is 1.56. The van der Waals surface area contributed by atoms with Crippen LogP contribution in [0.25, 0.3) is 11.0 Å². The Morgan fingerprint density at radius 2 is 2.33 bits per heavy atom. The van der Waals surface area contributed by atoms with Crippen molar-refractivity contribution in [3.63, 3.8) is 0 Å². The second-order valence-electron chi connectivity index (χ2n) is 3.16. The van der Waals surface area contributed by atoms with Gasteiger partial charge < -0.3 is 5.73 Å². The largest absolute Gasteiger partial charge is 0.368 e. The minimum atomic E-state index is -0.247. The van der Waals surface area contributed by atoms with E-state index in [1.807, 2.05) is 6.92 Å². The summed E-state index contributed by atoms with van der Waals surface area (Å²) in [7, 11) is 5.58. The van der Waals surface area contributed by atoms with Crippen LogP contribution in [0.15, 0.2) is 17.1 Å². The first-order valence-corrected chi connectivity index (χ1v) is 4.55. The van der Waals surface area contributed by atoms with Crippen LogP contribution in [0.4, 0.5) is 5.95 Å². The number of pyridine rings is 1. The van der Waals surface area contributed by atoms with Gasteiger partial charge in [0.15, 0.2) is 0 Å². The first-order chi connectivity index (χ1) is 7.13. The standard InChI is InChI=1S/C9H9BN4O/c1-2-14-7-5(3-6(10)8(14)15)4-12-9(11)13-7/h3-4H,2H2,1H3,(H2,11,12,13). The Labute approximate surface area is 87.4 Å². The van der Waals surface area contributed by atoms with Crippen molar-refractivity contribution in [2.45, 2.75) is 13.5 Å². The number of rotatable bonds is 1. The monoisotopic (exact) mass is 200 g/mol. The van der Waals surface area contributed by atoms with E-state index in [0.29, 0.717) is 17.6 Å². The average molecular weight is 200 g/mol. The maximum absolute atomic E-state index is 11.7. The van der Waals surface area contributed by atoms with Crippen LogP contribution in [0, 0.1) is 0 Å². The SMILES string of the molecule is [B]c1cc2cnc(N)nc2n(CC)c1=O. The summed E-state index contributed by atoms with van der Waals surface area (Å²) < 4.78 is 1.47. The zero-order chi connectivity index (χ0) is 11.0. The molecule has 0 atom stereocenters. The molecule has 0 saturated heterocycles. The van der Waals surface area contributed by atoms with Crippen molar-refractivity contribution >= 4 is 30.3 Å². The molecule has 0 aliphatic rings. The lowest BCUT2D eigenvalue weighted by molar-refractivity contribution is 0.753. The predicted octanol–water partition coefficient (Wildman–Crippen LogP) is -0.813. The first kappa shape index (κ1) is 9.70. The van der Waals surface area contributed by atoms with E-state index in [1.165, 1.54) is 4.57 Å². The van der Waals surface area contributed by atoms with E-state index in [2.05, 4.69) is 9.97 Å². The Balaban J connectivity index is 2.96. The van der Waals surface area contributed by atoms with E-state index in [1.54, 1.807) is 12.3 Å². The van der Waals surface area contributed by atoms with E-state index < -0.39 is 0 Å².